The average Bonchev–Trinajstić information content (AvgIpc) is 2.68. The predicted molar refractivity (Wildman–Crippen MR) is 35.4 cm³/mol. The topological polar surface area (TPSA) is 46.5 Å². The fourth-order valence-electron chi connectivity index (χ4n) is 0.902. The van der Waals surface area contributed by atoms with Crippen molar-refractivity contribution in [1.29, 1.82) is 0 Å². The number of methoxy groups -OCH3 is 1. The molecule has 0 amide bonds. The molecule has 0 aromatic rings. The monoisotopic (exact) mass is 144 g/mol. The van der Waals surface area contributed by atoms with Gasteiger partial charge >= 0.3 is 5.97 Å². The highest BCUT2D eigenvalue weighted by atomic mass is 16.5. The van der Waals surface area contributed by atoms with Gasteiger partial charge in [-0.3, -0.25) is 4.79 Å². The third kappa shape index (κ3) is 1.99. The normalized spacial score (nSPS) is 20.2. The van der Waals surface area contributed by atoms with Crippen LogP contribution in [0.3, 0.4) is 0 Å². The summed E-state index contributed by atoms with van der Waals surface area (Å²) in [5.41, 5.74) is 0. The van der Waals surface area contributed by atoms with Crippen LogP contribution in [0, 0.1) is 5.92 Å². The van der Waals surface area contributed by atoms with E-state index in [1.54, 1.807) is 0 Å². The number of aliphatic hydroxyl groups is 1. The SMILES string of the molecule is COC(=O)CC(O)C1CC1. The molecule has 10 heavy (non-hydrogen) atoms. The molecule has 0 aliphatic heterocycles. The number of carbonyl (C=O) groups excluding carboxylic acids is 1. The first kappa shape index (κ1) is 7.54. The zero-order chi connectivity index (χ0) is 7.56. The highest BCUT2D eigenvalue weighted by Crippen LogP contribution is 2.33. The van der Waals surface area contributed by atoms with E-state index in [0.29, 0.717) is 5.92 Å². The van der Waals surface area contributed by atoms with Crippen LogP contribution >= 0.6 is 0 Å². The van der Waals surface area contributed by atoms with Crippen molar-refractivity contribution in [2.75, 3.05) is 7.11 Å². The van der Waals surface area contributed by atoms with Crippen molar-refractivity contribution in [2.45, 2.75) is 25.4 Å². The predicted octanol–water partition coefficient (Wildman–Crippen LogP) is 0.320. The smallest absolute Gasteiger partial charge is 0.308 e. The molecule has 0 bridgehead atoms. The van der Waals surface area contributed by atoms with Crippen molar-refractivity contribution in [2.24, 2.45) is 5.92 Å². The van der Waals surface area contributed by atoms with Crippen molar-refractivity contribution < 1.29 is 14.6 Å². The van der Waals surface area contributed by atoms with Crippen LogP contribution in [0.1, 0.15) is 19.3 Å². The standard InChI is InChI=1S/C7H12O3/c1-10-7(9)4-6(8)5-2-3-5/h5-6,8H,2-4H2,1H3. The maximum absolute atomic E-state index is 10.6. The number of hydrogen-bond acceptors (Lipinski definition) is 3. The van der Waals surface area contributed by atoms with Crippen LogP contribution < -0.4 is 0 Å². The van der Waals surface area contributed by atoms with Gasteiger partial charge in [0.15, 0.2) is 0 Å². The van der Waals surface area contributed by atoms with Crippen molar-refractivity contribution >= 4 is 5.97 Å². The number of carbonyl (C=O) groups is 1. The zero-order valence-electron chi connectivity index (χ0n) is 6.04. The van der Waals surface area contributed by atoms with Crippen molar-refractivity contribution in [3.63, 3.8) is 0 Å². The Hall–Kier alpha value is -0.570. The van der Waals surface area contributed by atoms with Crippen molar-refractivity contribution in [1.82, 2.24) is 0 Å². The van der Waals surface area contributed by atoms with E-state index in [4.69, 9.17) is 0 Å². The Balaban J connectivity index is 2.16. The Morgan fingerprint density at radius 1 is 1.80 bits per heavy atom. The van der Waals surface area contributed by atoms with E-state index in [0.717, 1.165) is 12.8 Å². The molecular weight excluding hydrogens is 132 g/mol. The van der Waals surface area contributed by atoms with Crippen LogP contribution in [-0.4, -0.2) is 24.3 Å². The summed E-state index contributed by atoms with van der Waals surface area (Å²) in [6.45, 7) is 0. The summed E-state index contributed by atoms with van der Waals surface area (Å²) in [6.07, 6.45) is 1.80. The van der Waals surface area contributed by atoms with Gasteiger partial charge in [-0.25, -0.2) is 0 Å². The molecular formula is C7H12O3. The molecule has 0 spiro atoms. The van der Waals surface area contributed by atoms with E-state index >= 15 is 0 Å². The Labute approximate surface area is 60.0 Å². The maximum Gasteiger partial charge on any atom is 0.308 e. The van der Waals surface area contributed by atoms with Crippen LogP contribution in [0.15, 0.2) is 0 Å². The van der Waals surface area contributed by atoms with E-state index < -0.39 is 6.10 Å². The zero-order valence-corrected chi connectivity index (χ0v) is 6.04. The van der Waals surface area contributed by atoms with Crippen LogP contribution in [-0.2, 0) is 9.53 Å². The first-order valence-corrected chi connectivity index (χ1v) is 3.49. The maximum atomic E-state index is 10.6. The number of esters is 1. The van der Waals surface area contributed by atoms with E-state index in [2.05, 4.69) is 4.74 Å². The minimum atomic E-state index is -0.465. The summed E-state index contributed by atoms with van der Waals surface area (Å²) in [6, 6.07) is 0. The molecule has 0 aromatic carbocycles. The average molecular weight is 144 g/mol. The fraction of sp³-hybridized carbons (Fsp3) is 0.857. The van der Waals surface area contributed by atoms with Gasteiger partial charge in [-0.15, -0.1) is 0 Å². The summed E-state index contributed by atoms with van der Waals surface area (Å²) in [5, 5.41) is 9.19. The number of ether oxygens (including phenoxy) is 1. The molecule has 1 fully saturated rings. The third-order valence-corrected chi connectivity index (χ3v) is 1.77. The molecule has 1 N–H and O–H groups in total. The second-order valence-corrected chi connectivity index (χ2v) is 2.69. The Morgan fingerprint density at radius 2 is 2.40 bits per heavy atom. The summed E-state index contributed by atoms with van der Waals surface area (Å²) >= 11 is 0. The molecule has 1 aliphatic rings. The lowest BCUT2D eigenvalue weighted by molar-refractivity contribution is -0.143. The lowest BCUT2D eigenvalue weighted by atomic mass is 10.2. The molecule has 0 aromatic heterocycles. The largest absolute Gasteiger partial charge is 0.469 e. The summed E-state index contributed by atoms with van der Waals surface area (Å²) in [5.74, 6) is 0.0403. The molecule has 1 unspecified atom stereocenters. The minimum Gasteiger partial charge on any atom is -0.469 e. The van der Waals surface area contributed by atoms with E-state index in [9.17, 15) is 9.90 Å². The first-order chi connectivity index (χ1) is 4.74. The van der Waals surface area contributed by atoms with E-state index in [1.165, 1.54) is 7.11 Å². The molecule has 1 rings (SSSR count). The highest BCUT2D eigenvalue weighted by molar-refractivity contribution is 5.69. The molecule has 58 valence electrons. The Kier molecular flexibility index (Phi) is 2.27. The van der Waals surface area contributed by atoms with Crippen molar-refractivity contribution in [3.05, 3.63) is 0 Å². The van der Waals surface area contributed by atoms with Gasteiger partial charge in [0.25, 0.3) is 0 Å². The second-order valence-electron chi connectivity index (χ2n) is 2.69. The fourth-order valence-corrected chi connectivity index (χ4v) is 0.902. The Bertz CT molecular complexity index is 129. The number of rotatable bonds is 3. The van der Waals surface area contributed by atoms with Crippen LogP contribution in [0.5, 0.6) is 0 Å². The molecule has 0 saturated heterocycles. The molecule has 1 aliphatic carbocycles. The molecule has 0 radical (unpaired) electrons. The van der Waals surface area contributed by atoms with Crippen LogP contribution in [0.25, 0.3) is 0 Å². The highest BCUT2D eigenvalue weighted by Gasteiger charge is 2.31. The Morgan fingerprint density at radius 3 is 2.80 bits per heavy atom. The van der Waals surface area contributed by atoms with Gasteiger partial charge < -0.3 is 9.84 Å². The minimum absolute atomic E-state index is 0.154. The van der Waals surface area contributed by atoms with Gasteiger partial charge in [0, 0.05) is 0 Å². The van der Waals surface area contributed by atoms with Crippen molar-refractivity contribution in [3.8, 4) is 0 Å². The van der Waals surface area contributed by atoms with Gasteiger partial charge in [-0.1, -0.05) is 0 Å². The van der Waals surface area contributed by atoms with Gasteiger partial charge in [-0.2, -0.15) is 0 Å². The van der Waals surface area contributed by atoms with E-state index in [1.807, 2.05) is 0 Å². The summed E-state index contributed by atoms with van der Waals surface area (Å²) < 4.78 is 4.40. The first-order valence-electron chi connectivity index (χ1n) is 3.49. The van der Waals surface area contributed by atoms with Gasteiger partial charge in [0.1, 0.15) is 0 Å². The summed E-state index contributed by atoms with van der Waals surface area (Å²) in [7, 11) is 1.34. The third-order valence-electron chi connectivity index (χ3n) is 1.77. The molecule has 3 nitrogen and oxygen atoms in total. The van der Waals surface area contributed by atoms with Gasteiger partial charge in [0.05, 0.1) is 19.6 Å². The molecule has 3 heteroatoms. The van der Waals surface area contributed by atoms with Gasteiger partial charge in [-0.05, 0) is 18.8 Å². The number of aliphatic hydroxyl groups excluding tert-OH is 1. The molecule has 0 heterocycles. The molecule has 1 atom stereocenters. The second kappa shape index (κ2) is 3.01. The van der Waals surface area contributed by atoms with Crippen LogP contribution in [0.2, 0.25) is 0 Å². The van der Waals surface area contributed by atoms with Gasteiger partial charge in [0.2, 0.25) is 0 Å². The lowest BCUT2D eigenvalue weighted by Crippen LogP contribution is -2.16. The van der Waals surface area contributed by atoms with Crippen LogP contribution in [0.4, 0.5) is 0 Å². The molecule has 1 saturated carbocycles. The lowest BCUT2D eigenvalue weighted by Gasteiger charge is -2.05. The number of hydrogen-bond donors (Lipinski definition) is 1. The summed E-state index contributed by atoms with van der Waals surface area (Å²) in [4.78, 5) is 10.6. The quantitative estimate of drug-likeness (QED) is 0.580. The van der Waals surface area contributed by atoms with E-state index in [-0.39, 0.29) is 12.4 Å².